The highest BCUT2D eigenvalue weighted by molar-refractivity contribution is 7.89. The smallest absolute Gasteiger partial charge is 0.243 e. The minimum atomic E-state index is -3.50. The number of amides is 1. The van der Waals surface area contributed by atoms with Crippen molar-refractivity contribution in [3.8, 4) is 0 Å². The topological polar surface area (TPSA) is 79.0 Å². The molecule has 1 spiro atoms. The molecule has 1 N–H and O–H groups in total. The fourth-order valence-electron chi connectivity index (χ4n) is 3.32. The van der Waals surface area contributed by atoms with Gasteiger partial charge in [-0.2, -0.15) is 4.31 Å². The highest BCUT2D eigenvalue weighted by Gasteiger charge is 2.53. The predicted octanol–water partition coefficient (Wildman–Crippen LogP) is -0.185. The van der Waals surface area contributed by atoms with E-state index in [2.05, 4.69) is 5.32 Å². The molecule has 8 heteroatoms. The van der Waals surface area contributed by atoms with E-state index in [0.29, 0.717) is 24.5 Å². The number of sulfonamides is 1. The summed E-state index contributed by atoms with van der Waals surface area (Å²) in [5.74, 6) is -0.0871. The summed E-state index contributed by atoms with van der Waals surface area (Å²) in [6, 6.07) is 6.58. The molecule has 1 amide bonds. The maximum Gasteiger partial charge on any atom is 0.243 e. The van der Waals surface area contributed by atoms with E-state index >= 15 is 0 Å². The van der Waals surface area contributed by atoms with Crippen LogP contribution in [0.1, 0.15) is 5.56 Å². The molecule has 3 rings (SSSR count). The lowest BCUT2D eigenvalue weighted by Crippen LogP contribution is -2.72. The molecule has 0 aromatic heterocycles. The molecule has 1 aromatic carbocycles. The van der Waals surface area contributed by atoms with Crippen molar-refractivity contribution in [2.24, 2.45) is 0 Å². The van der Waals surface area contributed by atoms with E-state index in [1.54, 1.807) is 25.2 Å². The molecular weight excluding hydrogens is 330 g/mol. The molecule has 1 atom stereocenters. The van der Waals surface area contributed by atoms with Gasteiger partial charge in [-0.25, -0.2) is 8.42 Å². The van der Waals surface area contributed by atoms with E-state index in [1.165, 1.54) is 4.31 Å². The van der Waals surface area contributed by atoms with Crippen molar-refractivity contribution in [2.75, 3.05) is 40.3 Å². The van der Waals surface area contributed by atoms with Gasteiger partial charge >= 0.3 is 0 Å². The summed E-state index contributed by atoms with van der Waals surface area (Å²) in [5.41, 5.74) is 0.393. The summed E-state index contributed by atoms with van der Waals surface area (Å²) in [6.07, 6.45) is 0. The second-order valence-corrected chi connectivity index (χ2v) is 8.57. The van der Waals surface area contributed by atoms with Gasteiger partial charge in [-0.15, -0.1) is 0 Å². The Hall–Kier alpha value is -1.48. The first-order valence-electron chi connectivity index (χ1n) is 7.90. The van der Waals surface area contributed by atoms with Crippen LogP contribution in [0.25, 0.3) is 0 Å². The molecule has 2 saturated heterocycles. The number of rotatable bonds is 3. The second kappa shape index (κ2) is 6.11. The van der Waals surface area contributed by atoms with Gasteiger partial charge in [-0.05, 0) is 31.7 Å². The van der Waals surface area contributed by atoms with Gasteiger partial charge in [0.25, 0.3) is 0 Å². The standard InChI is InChI=1S/C16H23N3O4S/c1-12-5-4-6-13(7-12)24(21,22)19-10-16(11-19)9-18(3)14(8-23-16)15(20)17-2/h4-7,14H,8-11H2,1-3H3,(H,17,20)/t14-/m1/s1. The predicted molar refractivity (Wildman–Crippen MR) is 89.1 cm³/mol. The van der Waals surface area contributed by atoms with E-state index in [0.717, 1.165) is 5.56 Å². The quantitative estimate of drug-likeness (QED) is 0.815. The monoisotopic (exact) mass is 353 g/mol. The number of carbonyl (C=O) groups excluding carboxylic acids is 1. The lowest BCUT2D eigenvalue weighted by molar-refractivity contribution is -0.180. The molecule has 2 aliphatic heterocycles. The fourth-order valence-corrected chi connectivity index (χ4v) is 5.01. The maximum absolute atomic E-state index is 12.7. The van der Waals surface area contributed by atoms with Gasteiger partial charge in [0.05, 0.1) is 11.5 Å². The van der Waals surface area contributed by atoms with Crippen molar-refractivity contribution in [3.05, 3.63) is 29.8 Å². The van der Waals surface area contributed by atoms with Crippen LogP contribution in [-0.2, 0) is 19.6 Å². The Balaban J connectivity index is 1.68. The van der Waals surface area contributed by atoms with Crippen LogP contribution in [0, 0.1) is 6.92 Å². The Labute approximate surface area is 142 Å². The Morgan fingerprint density at radius 2 is 2.04 bits per heavy atom. The van der Waals surface area contributed by atoms with Gasteiger partial charge in [0.15, 0.2) is 0 Å². The number of ether oxygens (including phenoxy) is 1. The van der Waals surface area contributed by atoms with Crippen LogP contribution in [0.5, 0.6) is 0 Å². The van der Waals surface area contributed by atoms with E-state index in [-0.39, 0.29) is 18.6 Å². The van der Waals surface area contributed by atoms with Gasteiger partial charge in [-0.3, -0.25) is 9.69 Å². The average Bonchev–Trinajstić information content (AvgIpc) is 2.51. The molecule has 2 heterocycles. The van der Waals surface area contributed by atoms with E-state index < -0.39 is 15.6 Å². The number of nitrogens with zero attached hydrogens (tertiary/aromatic N) is 2. The molecule has 0 bridgehead atoms. The SMILES string of the molecule is CNC(=O)[C@H]1COC2(CN1C)CN(S(=O)(=O)c1cccc(C)c1)C2. The highest BCUT2D eigenvalue weighted by Crippen LogP contribution is 2.34. The second-order valence-electron chi connectivity index (χ2n) is 6.63. The summed E-state index contributed by atoms with van der Waals surface area (Å²) in [4.78, 5) is 14.0. The van der Waals surface area contributed by atoms with Crippen LogP contribution >= 0.6 is 0 Å². The molecule has 0 unspecified atom stereocenters. The molecular formula is C16H23N3O4S. The largest absolute Gasteiger partial charge is 0.369 e. The third-order valence-corrected chi connectivity index (χ3v) is 6.51. The summed E-state index contributed by atoms with van der Waals surface area (Å²) in [6.45, 7) is 3.30. The van der Waals surface area contributed by atoms with Gasteiger partial charge < -0.3 is 10.1 Å². The van der Waals surface area contributed by atoms with E-state index in [9.17, 15) is 13.2 Å². The summed E-state index contributed by atoms with van der Waals surface area (Å²) < 4.78 is 32.7. The first kappa shape index (κ1) is 17.3. The first-order valence-corrected chi connectivity index (χ1v) is 9.34. The van der Waals surface area contributed by atoms with Crippen molar-refractivity contribution >= 4 is 15.9 Å². The Morgan fingerprint density at radius 1 is 1.33 bits per heavy atom. The average molecular weight is 353 g/mol. The molecule has 0 aliphatic carbocycles. The number of carbonyl (C=O) groups is 1. The summed E-state index contributed by atoms with van der Waals surface area (Å²) in [5, 5.41) is 2.62. The van der Waals surface area contributed by atoms with Gasteiger partial charge in [0, 0.05) is 26.7 Å². The minimum absolute atomic E-state index is 0.0871. The van der Waals surface area contributed by atoms with E-state index in [4.69, 9.17) is 4.74 Å². The molecule has 0 saturated carbocycles. The first-order chi connectivity index (χ1) is 11.3. The van der Waals surface area contributed by atoms with Gasteiger partial charge in [-0.1, -0.05) is 12.1 Å². The van der Waals surface area contributed by atoms with Crippen molar-refractivity contribution in [1.29, 1.82) is 0 Å². The number of likely N-dealkylation sites (N-methyl/N-ethyl adjacent to an activating group) is 2. The molecule has 1 aromatic rings. The van der Waals surface area contributed by atoms with Gasteiger partial charge in [0.1, 0.15) is 11.6 Å². The molecule has 7 nitrogen and oxygen atoms in total. The third kappa shape index (κ3) is 2.95. The van der Waals surface area contributed by atoms with Crippen molar-refractivity contribution in [1.82, 2.24) is 14.5 Å². The number of hydrogen-bond acceptors (Lipinski definition) is 5. The zero-order chi connectivity index (χ0) is 17.5. The maximum atomic E-state index is 12.7. The van der Waals surface area contributed by atoms with Crippen molar-refractivity contribution < 1.29 is 17.9 Å². The Kier molecular flexibility index (Phi) is 4.41. The van der Waals surface area contributed by atoms with E-state index in [1.807, 2.05) is 24.9 Å². The number of hydrogen-bond donors (Lipinski definition) is 1. The molecule has 2 fully saturated rings. The Bertz CT molecular complexity index is 743. The third-order valence-electron chi connectivity index (χ3n) is 4.72. The zero-order valence-electron chi connectivity index (χ0n) is 14.2. The number of benzene rings is 1. The van der Waals surface area contributed by atoms with Crippen molar-refractivity contribution in [2.45, 2.75) is 23.5 Å². The van der Waals surface area contributed by atoms with Crippen LogP contribution in [0.3, 0.4) is 0 Å². The lowest BCUT2D eigenvalue weighted by atomic mass is 9.93. The summed E-state index contributed by atoms with van der Waals surface area (Å²) >= 11 is 0. The van der Waals surface area contributed by atoms with Crippen LogP contribution in [0.15, 0.2) is 29.2 Å². The normalized spacial score (nSPS) is 24.5. The number of nitrogens with one attached hydrogen (secondary N) is 1. The molecule has 2 aliphatic rings. The van der Waals surface area contributed by atoms with Crippen LogP contribution in [0.4, 0.5) is 0 Å². The highest BCUT2D eigenvalue weighted by atomic mass is 32.2. The number of morpholine rings is 1. The Morgan fingerprint density at radius 3 is 2.62 bits per heavy atom. The fraction of sp³-hybridized carbons (Fsp3) is 0.562. The van der Waals surface area contributed by atoms with Crippen molar-refractivity contribution in [3.63, 3.8) is 0 Å². The summed E-state index contributed by atoms with van der Waals surface area (Å²) in [7, 11) is -0.0363. The zero-order valence-corrected chi connectivity index (χ0v) is 15.0. The molecule has 0 radical (unpaired) electrons. The molecule has 24 heavy (non-hydrogen) atoms. The van der Waals surface area contributed by atoms with Crippen LogP contribution in [-0.4, -0.2) is 75.5 Å². The lowest BCUT2D eigenvalue weighted by Gasteiger charge is -2.53. The minimum Gasteiger partial charge on any atom is -0.369 e. The molecule has 132 valence electrons. The van der Waals surface area contributed by atoms with Crippen LogP contribution < -0.4 is 5.32 Å². The van der Waals surface area contributed by atoms with Crippen LogP contribution in [0.2, 0.25) is 0 Å². The van der Waals surface area contributed by atoms with Gasteiger partial charge in [0.2, 0.25) is 15.9 Å². The number of aryl methyl sites for hydroxylation is 1.